The molecule has 1 aromatic rings. The summed E-state index contributed by atoms with van der Waals surface area (Å²) >= 11 is 0. The van der Waals surface area contributed by atoms with Crippen molar-refractivity contribution in [1.29, 1.82) is 0 Å². The van der Waals surface area contributed by atoms with Crippen molar-refractivity contribution in [2.24, 2.45) is 0 Å². The molecule has 1 atom stereocenters. The minimum Gasteiger partial charge on any atom is -0.493 e. The highest BCUT2D eigenvalue weighted by Gasteiger charge is 2.10. The maximum Gasteiger partial charge on any atom is 0.124 e. The zero-order valence-corrected chi connectivity index (χ0v) is 11.2. The first-order valence-electron chi connectivity index (χ1n) is 6.08. The van der Waals surface area contributed by atoms with Crippen molar-refractivity contribution in [3.05, 3.63) is 29.3 Å². The van der Waals surface area contributed by atoms with Crippen molar-refractivity contribution < 1.29 is 9.47 Å². The summed E-state index contributed by atoms with van der Waals surface area (Å²) in [4.78, 5) is 0. The van der Waals surface area contributed by atoms with E-state index < -0.39 is 0 Å². The first-order chi connectivity index (χ1) is 8.19. The quantitative estimate of drug-likeness (QED) is 0.740. The summed E-state index contributed by atoms with van der Waals surface area (Å²) < 4.78 is 10.8. The minimum atomic E-state index is 0.298. The second-order valence-corrected chi connectivity index (χ2v) is 4.25. The Morgan fingerprint density at radius 2 is 2.06 bits per heavy atom. The Labute approximate surface area is 104 Å². The van der Waals surface area contributed by atoms with Crippen LogP contribution in [0.15, 0.2) is 18.2 Å². The number of nitrogens with one attached hydrogen (secondary N) is 1. The summed E-state index contributed by atoms with van der Waals surface area (Å²) in [6, 6.07) is 6.60. The standard InChI is InChI=1S/C14H23NO2/c1-11-6-7-14(17-9-5-8-16-4)13(10-11)12(2)15-3/h6-7,10,12,15H,5,8-9H2,1-4H3. The molecule has 0 aliphatic rings. The molecule has 0 spiro atoms. The summed E-state index contributed by atoms with van der Waals surface area (Å²) in [5, 5.41) is 3.25. The van der Waals surface area contributed by atoms with Gasteiger partial charge in [0.25, 0.3) is 0 Å². The van der Waals surface area contributed by atoms with Crippen LogP contribution in [-0.2, 0) is 4.74 Å². The van der Waals surface area contributed by atoms with Crippen LogP contribution in [-0.4, -0.2) is 27.4 Å². The molecule has 0 fully saturated rings. The fourth-order valence-electron chi connectivity index (χ4n) is 1.68. The molecule has 0 aromatic heterocycles. The van der Waals surface area contributed by atoms with Gasteiger partial charge in [0, 0.05) is 31.7 Å². The zero-order valence-electron chi connectivity index (χ0n) is 11.2. The Morgan fingerprint density at radius 3 is 2.71 bits per heavy atom. The fourth-order valence-corrected chi connectivity index (χ4v) is 1.68. The van der Waals surface area contributed by atoms with Crippen molar-refractivity contribution in [3.8, 4) is 5.75 Å². The van der Waals surface area contributed by atoms with E-state index in [0.29, 0.717) is 12.6 Å². The van der Waals surface area contributed by atoms with Crippen LogP contribution in [0.3, 0.4) is 0 Å². The van der Waals surface area contributed by atoms with Gasteiger partial charge in [-0.05, 0) is 27.0 Å². The van der Waals surface area contributed by atoms with Crippen LogP contribution >= 0.6 is 0 Å². The van der Waals surface area contributed by atoms with E-state index in [-0.39, 0.29) is 0 Å². The Hall–Kier alpha value is -1.06. The summed E-state index contributed by atoms with van der Waals surface area (Å²) in [5.41, 5.74) is 2.47. The minimum absolute atomic E-state index is 0.298. The Morgan fingerprint density at radius 1 is 1.29 bits per heavy atom. The van der Waals surface area contributed by atoms with Crippen LogP contribution in [0.5, 0.6) is 5.75 Å². The van der Waals surface area contributed by atoms with Gasteiger partial charge in [-0.25, -0.2) is 0 Å². The number of hydrogen-bond acceptors (Lipinski definition) is 3. The SMILES string of the molecule is CNC(C)c1cc(C)ccc1OCCCOC. The summed E-state index contributed by atoms with van der Waals surface area (Å²) in [6.07, 6.45) is 0.914. The highest BCUT2D eigenvalue weighted by Crippen LogP contribution is 2.26. The predicted octanol–water partition coefficient (Wildman–Crippen LogP) is 2.69. The number of aryl methyl sites for hydroxylation is 1. The normalized spacial score (nSPS) is 12.5. The monoisotopic (exact) mass is 237 g/mol. The third-order valence-electron chi connectivity index (χ3n) is 2.82. The zero-order chi connectivity index (χ0) is 12.7. The number of hydrogen-bond donors (Lipinski definition) is 1. The van der Waals surface area contributed by atoms with E-state index >= 15 is 0 Å². The number of benzene rings is 1. The maximum atomic E-state index is 5.80. The summed E-state index contributed by atoms with van der Waals surface area (Å²) in [5.74, 6) is 0.966. The molecule has 3 nitrogen and oxygen atoms in total. The van der Waals surface area contributed by atoms with E-state index in [2.05, 4.69) is 31.3 Å². The van der Waals surface area contributed by atoms with Gasteiger partial charge in [-0.3, -0.25) is 0 Å². The number of rotatable bonds is 7. The lowest BCUT2D eigenvalue weighted by Gasteiger charge is -2.17. The first kappa shape index (κ1) is 14.0. The lowest BCUT2D eigenvalue weighted by Crippen LogP contribution is -2.14. The molecular weight excluding hydrogens is 214 g/mol. The molecule has 17 heavy (non-hydrogen) atoms. The van der Waals surface area contributed by atoms with Crippen LogP contribution in [0, 0.1) is 6.92 Å². The van der Waals surface area contributed by atoms with Crippen LogP contribution in [0.1, 0.15) is 30.5 Å². The summed E-state index contributed by atoms with van der Waals surface area (Å²) in [7, 11) is 3.67. The highest BCUT2D eigenvalue weighted by molar-refractivity contribution is 5.38. The Kier molecular flexibility index (Phi) is 6.01. The molecule has 0 bridgehead atoms. The van der Waals surface area contributed by atoms with E-state index in [1.165, 1.54) is 11.1 Å². The molecule has 0 amide bonds. The van der Waals surface area contributed by atoms with Gasteiger partial charge in [0.2, 0.25) is 0 Å². The largest absolute Gasteiger partial charge is 0.493 e. The molecule has 0 radical (unpaired) electrons. The van der Waals surface area contributed by atoms with E-state index in [1.807, 2.05) is 13.1 Å². The van der Waals surface area contributed by atoms with Crippen molar-refractivity contribution in [1.82, 2.24) is 5.32 Å². The van der Waals surface area contributed by atoms with Gasteiger partial charge in [0.1, 0.15) is 5.75 Å². The molecular formula is C14H23NO2. The van der Waals surface area contributed by atoms with Gasteiger partial charge in [0.15, 0.2) is 0 Å². The van der Waals surface area contributed by atoms with Crippen LogP contribution in [0.4, 0.5) is 0 Å². The molecule has 1 aromatic carbocycles. The van der Waals surface area contributed by atoms with Crippen LogP contribution in [0.2, 0.25) is 0 Å². The van der Waals surface area contributed by atoms with Gasteiger partial charge in [-0.1, -0.05) is 17.7 Å². The molecule has 96 valence electrons. The highest BCUT2D eigenvalue weighted by atomic mass is 16.5. The smallest absolute Gasteiger partial charge is 0.124 e. The molecule has 0 aliphatic heterocycles. The van der Waals surface area contributed by atoms with Gasteiger partial charge in [-0.15, -0.1) is 0 Å². The lowest BCUT2D eigenvalue weighted by atomic mass is 10.0. The summed E-state index contributed by atoms with van der Waals surface area (Å²) in [6.45, 7) is 5.67. The average molecular weight is 237 g/mol. The molecule has 1 rings (SSSR count). The van der Waals surface area contributed by atoms with Crippen LogP contribution < -0.4 is 10.1 Å². The lowest BCUT2D eigenvalue weighted by molar-refractivity contribution is 0.171. The molecule has 3 heteroatoms. The van der Waals surface area contributed by atoms with Gasteiger partial charge in [0.05, 0.1) is 6.61 Å². The molecule has 0 aliphatic carbocycles. The van der Waals surface area contributed by atoms with Gasteiger partial charge >= 0.3 is 0 Å². The van der Waals surface area contributed by atoms with E-state index in [1.54, 1.807) is 7.11 Å². The third kappa shape index (κ3) is 4.36. The Bertz CT molecular complexity index is 339. The van der Waals surface area contributed by atoms with Crippen molar-refractivity contribution in [3.63, 3.8) is 0 Å². The maximum absolute atomic E-state index is 5.80. The van der Waals surface area contributed by atoms with Crippen molar-refractivity contribution in [2.75, 3.05) is 27.4 Å². The molecule has 1 N–H and O–H groups in total. The van der Waals surface area contributed by atoms with Gasteiger partial charge in [-0.2, -0.15) is 0 Å². The van der Waals surface area contributed by atoms with E-state index in [4.69, 9.17) is 9.47 Å². The third-order valence-corrected chi connectivity index (χ3v) is 2.82. The van der Waals surface area contributed by atoms with Crippen molar-refractivity contribution in [2.45, 2.75) is 26.3 Å². The molecule has 1 unspecified atom stereocenters. The number of methoxy groups -OCH3 is 1. The molecule has 0 heterocycles. The fraction of sp³-hybridized carbons (Fsp3) is 0.571. The van der Waals surface area contributed by atoms with E-state index in [9.17, 15) is 0 Å². The van der Waals surface area contributed by atoms with Gasteiger partial charge < -0.3 is 14.8 Å². The average Bonchev–Trinajstić information content (AvgIpc) is 2.35. The molecule has 0 saturated heterocycles. The Balaban J connectivity index is 2.69. The number of ether oxygens (including phenoxy) is 2. The van der Waals surface area contributed by atoms with E-state index in [0.717, 1.165) is 18.8 Å². The first-order valence-corrected chi connectivity index (χ1v) is 6.08. The predicted molar refractivity (Wildman–Crippen MR) is 70.6 cm³/mol. The second kappa shape index (κ2) is 7.30. The molecule has 0 saturated carbocycles. The second-order valence-electron chi connectivity index (χ2n) is 4.25. The van der Waals surface area contributed by atoms with Crippen molar-refractivity contribution >= 4 is 0 Å². The topological polar surface area (TPSA) is 30.5 Å². The van der Waals surface area contributed by atoms with Crippen LogP contribution in [0.25, 0.3) is 0 Å².